The number of benzene rings is 2. The van der Waals surface area contributed by atoms with E-state index in [1.807, 2.05) is 42.3 Å². The summed E-state index contributed by atoms with van der Waals surface area (Å²) in [5, 5.41) is 14.4. The number of nitro groups is 1. The zero-order chi connectivity index (χ0) is 13.4. The summed E-state index contributed by atoms with van der Waals surface area (Å²) in [6.07, 6.45) is -0.209. The minimum absolute atomic E-state index is 0.139. The zero-order valence-corrected chi connectivity index (χ0v) is 10.4. The summed E-state index contributed by atoms with van der Waals surface area (Å²) in [4.78, 5) is 12.8. The Labute approximate surface area is 110 Å². The third kappa shape index (κ3) is 1.79. The molecular formula is C14H13N3O2. The Kier molecular flexibility index (Phi) is 2.59. The average molecular weight is 255 g/mol. The van der Waals surface area contributed by atoms with Crippen molar-refractivity contribution in [3.63, 3.8) is 0 Å². The van der Waals surface area contributed by atoms with Gasteiger partial charge in [-0.15, -0.1) is 0 Å². The van der Waals surface area contributed by atoms with E-state index < -0.39 is 0 Å². The van der Waals surface area contributed by atoms with Crippen molar-refractivity contribution in [1.29, 1.82) is 0 Å². The van der Waals surface area contributed by atoms with Gasteiger partial charge in [-0.25, -0.2) is 0 Å². The van der Waals surface area contributed by atoms with Crippen molar-refractivity contribution in [1.82, 2.24) is 0 Å². The molecule has 0 aliphatic carbocycles. The average Bonchev–Trinajstić information content (AvgIpc) is 2.76. The SMILES string of the molecule is CN1c2ccccc2NC1c1ccccc1[N+](=O)[O-]. The van der Waals surface area contributed by atoms with Gasteiger partial charge in [0.15, 0.2) is 0 Å². The van der Waals surface area contributed by atoms with Crippen molar-refractivity contribution in [2.24, 2.45) is 0 Å². The molecular weight excluding hydrogens is 242 g/mol. The van der Waals surface area contributed by atoms with Crippen LogP contribution in [0.2, 0.25) is 0 Å². The van der Waals surface area contributed by atoms with E-state index in [-0.39, 0.29) is 16.8 Å². The van der Waals surface area contributed by atoms with E-state index >= 15 is 0 Å². The van der Waals surface area contributed by atoms with Gasteiger partial charge < -0.3 is 10.2 Å². The first kappa shape index (κ1) is 11.5. The molecule has 0 fully saturated rings. The Balaban J connectivity index is 2.05. The number of para-hydroxylation sites is 3. The lowest BCUT2D eigenvalue weighted by Gasteiger charge is -2.22. The second kappa shape index (κ2) is 4.28. The van der Waals surface area contributed by atoms with Gasteiger partial charge in [0, 0.05) is 13.1 Å². The zero-order valence-electron chi connectivity index (χ0n) is 10.4. The number of nitro benzene ring substituents is 1. The second-order valence-electron chi connectivity index (χ2n) is 4.49. The standard InChI is InChI=1S/C14H13N3O2/c1-16-13-9-5-3-7-11(13)15-14(16)10-6-2-4-8-12(10)17(18)19/h2-9,14-15H,1H3. The largest absolute Gasteiger partial charge is 0.360 e. The summed E-state index contributed by atoms with van der Waals surface area (Å²) in [5.41, 5.74) is 2.85. The molecule has 2 aromatic carbocycles. The topological polar surface area (TPSA) is 58.4 Å². The predicted octanol–water partition coefficient (Wildman–Crippen LogP) is 3.16. The second-order valence-corrected chi connectivity index (χ2v) is 4.49. The Bertz CT molecular complexity index is 642. The molecule has 0 bridgehead atoms. The molecule has 0 radical (unpaired) electrons. The van der Waals surface area contributed by atoms with Crippen LogP contribution in [0.3, 0.4) is 0 Å². The third-order valence-electron chi connectivity index (χ3n) is 3.39. The number of anilines is 2. The molecule has 96 valence electrons. The highest BCUT2D eigenvalue weighted by Crippen LogP contribution is 2.41. The molecule has 3 rings (SSSR count). The van der Waals surface area contributed by atoms with Gasteiger partial charge in [-0.2, -0.15) is 0 Å². The molecule has 1 unspecified atom stereocenters. The molecule has 1 aliphatic heterocycles. The molecule has 1 atom stereocenters. The molecule has 0 saturated carbocycles. The van der Waals surface area contributed by atoms with Crippen LogP contribution in [0.5, 0.6) is 0 Å². The maximum Gasteiger partial charge on any atom is 0.276 e. The van der Waals surface area contributed by atoms with Gasteiger partial charge in [0.2, 0.25) is 0 Å². The minimum Gasteiger partial charge on any atom is -0.360 e. The molecule has 19 heavy (non-hydrogen) atoms. The van der Waals surface area contributed by atoms with E-state index in [2.05, 4.69) is 5.32 Å². The van der Waals surface area contributed by atoms with Crippen molar-refractivity contribution in [3.8, 4) is 0 Å². The third-order valence-corrected chi connectivity index (χ3v) is 3.39. The van der Waals surface area contributed by atoms with Crippen molar-refractivity contribution in [2.45, 2.75) is 6.17 Å². The van der Waals surface area contributed by atoms with Crippen LogP contribution in [0, 0.1) is 10.1 Å². The van der Waals surface area contributed by atoms with Gasteiger partial charge in [0.1, 0.15) is 6.17 Å². The lowest BCUT2D eigenvalue weighted by Crippen LogP contribution is -2.24. The van der Waals surface area contributed by atoms with Crippen molar-refractivity contribution in [2.75, 3.05) is 17.3 Å². The molecule has 0 spiro atoms. The van der Waals surface area contributed by atoms with E-state index in [1.165, 1.54) is 6.07 Å². The van der Waals surface area contributed by atoms with Gasteiger partial charge in [0.05, 0.1) is 21.9 Å². The first-order valence-corrected chi connectivity index (χ1v) is 6.00. The number of hydrogen-bond donors (Lipinski definition) is 1. The van der Waals surface area contributed by atoms with Gasteiger partial charge in [-0.1, -0.05) is 24.3 Å². The summed E-state index contributed by atoms with van der Waals surface area (Å²) in [6.45, 7) is 0. The monoisotopic (exact) mass is 255 g/mol. The quantitative estimate of drug-likeness (QED) is 0.661. The fourth-order valence-electron chi connectivity index (χ4n) is 2.46. The Morgan fingerprint density at radius 1 is 1.16 bits per heavy atom. The minimum atomic E-state index is -0.339. The number of rotatable bonds is 2. The number of hydrogen-bond acceptors (Lipinski definition) is 4. The molecule has 0 aromatic heterocycles. The first-order valence-electron chi connectivity index (χ1n) is 6.00. The molecule has 5 nitrogen and oxygen atoms in total. The maximum atomic E-state index is 11.1. The van der Waals surface area contributed by atoms with Crippen LogP contribution in [-0.4, -0.2) is 12.0 Å². The number of nitrogens with one attached hydrogen (secondary N) is 1. The molecule has 5 heteroatoms. The van der Waals surface area contributed by atoms with Crippen molar-refractivity contribution in [3.05, 3.63) is 64.2 Å². The van der Waals surface area contributed by atoms with Crippen LogP contribution in [0.25, 0.3) is 0 Å². The van der Waals surface area contributed by atoms with E-state index in [1.54, 1.807) is 12.1 Å². The van der Waals surface area contributed by atoms with Crippen LogP contribution in [0.1, 0.15) is 11.7 Å². The first-order chi connectivity index (χ1) is 9.18. The summed E-state index contributed by atoms with van der Waals surface area (Å²) >= 11 is 0. The molecule has 0 amide bonds. The maximum absolute atomic E-state index is 11.1. The van der Waals surface area contributed by atoms with Crippen LogP contribution < -0.4 is 10.2 Å². The van der Waals surface area contributed by atoms with Gasteiger partial charge in [-0.05, 0) is 18.2 Å². The van der Waals surface area contributed by atoms with E-state index in [4.69, 9.17) is 0 Å². The van der Waals surface area contributed by atoms with Gasteiger partial charge in [0.25, 0.3) is 5.69 Å². The lowest BCUT2D eigenvalue weighted by molar-refractivity contribution is -0.385. The van der Waals surface area contributed by atoms with Crippen molar-refractivity contribution < 1.29 is 4.92 Å². The fraction of sp³-hybridized carbons (Fsp3) is 0.143. The highest BCUT2D eigenvalue weighted by molar-refractivity contribution is 5.76. The van der Waals surface area contributed by atoms with E-state index in [9.17, 15) is 10.1 Å². The Morgan fingerprint density at radius 2 is 1.84 bits per heavy atom. The summed E-state index contributed by atoms with van der Waals surface area (Å²) in [6, 6.07) is 14.7. The summed E-state index contributed by atoms with van der Waals surface area (Å²) in [7, 11) is 1.93. The molecule has 2 aromatic rings. The smallest absolute Gasteiger partial charge is 0.276 e. The van der Waals surface area contributed by atoms with Gasteiger partial charge in [-0.3, -0.25) is 10.1 Å². The molecule has 1 N–H and O–H groups in total. The van der Waals surface area contributed by atoms with E-state index in [0.29, 0.717) is 5.56 Å². The van der Waals surface area contributed by atoms with Crippen molar-refractivity contribution >= 4 is 17.1 Å². The summed E-state index contributed by atoms with van der Waals surface area (Å²) < 4.78 is 0. The predicted molar refractivity (Wildman–Crippen MR) is 74.3 cm³/mol. The molecule has 0 saturated heterocycles. The summed E-state index contributed by atoms with van der Waals surface area (Å²) in [5.74, 6) is 0. The highest BCUT2D eigenvalue weighted by Gasteiger charge is 2.31. The van der Waals surface area contributed by atoms with Crippen LogP contribution >= 0.6 is 0 Å². The lowest BCUT2D eigenvalue weighted by atomic mass is 10.1. The highest BCUT2D eigenvalue weighted by atomic mass is 16.6. The number of fused-ring (bicyclic) bond motifs is 1. The Hall–Kier alpha value is -2.56. The van der Waals surface area contributed by atoms with E-state index in [0.717, 1.165) is 11.4 Å². The molecule has 1 aliphatic rings. The van der Waals surface area contributed by atoms with Crippen LogP contribution in [0.15, 0.2) is 48.5 Å². The fourth-order valence-corrected chi connectivity index (χ4v) is 2.46. The molecule has 1 heterocycles. The van der Waals surface area contributed by atoms with Crippen LogP contribution in [0.4, 0.5) is 17.1 Å². The van der Waals surface area contributed by atoms with Gasteiger partial charge >= 0.3 is 0 Å². The van der Waals surface area contributed by atoms with Crippen LogP contribution in [-0.2, 0) is 0 Å². The normalized spacial score (nSPS) is 16.9. The number of nitrogens with zero attached hydrogens (tertiary/aromatic N) is 2. The Morgan fingerprint density at radius 3 is 2.58 bits per heavy atom.